The van der Waals surface area contributed by atoms with Crippen LogP contribution >= 0.6 is 11.6 Å². The molecule has 0 unspecified atom stereocenters. The van der Waals surface area contributed by atoms with E-state index in [1.165, 1.54) is 4.57 Å². The number of ether oxygens (including phenoxy) is 1. The van der Waals surface area contributed by atoms with Crippen LogP contribution in [0, 0.1) is 6.92 Å². The molecule has 24 heavy (non-hydrogen) atoms. The highest BCUT2D eigenvalue weighted by Gasteiger charge is 2.16. The molecule has 0 atom stereocenters. The van der Waals surface area contributed by atoms with Crippen LogP contribution in [0.15, 0.2) is 47.3 Å². The van der Waals surface area contributed by atoms with Gasteiger partial charge in [-0.1, -0.05) is 23.7 Å². The second-order valence-corrected chi connectivity index (χ2v) is 5.92. The normalized spacial score (nSPS) is 11.0. The molecule has 0 fully saturated rings. The maximum absolute atomic E-state index is 12.5. The number of benzene rings is 2. The van der Waals surface area contributed by atoms with E-state index < -0.39 is 5.97 Å². The minimum absolute atomic E-state index is 0.144. The van der Waals surface area contributed by atoms with Gasteiger partial charge in [0.15, 0.2) is 0 Å². The second-order valence-electron chi connectivity index (χ2n) is 5.49. The summed E-state index contributed by atoms with van der Waals surface area (Å²) in [7, 11) is 0. The third-order valence-corrected chi connectivity index (χ3v) is 4.12. The zero-order chi connectivity index (χ0) is 17.3. The molecule has 1 heterocycles. The Morgan fingerprint density at radius 2 is 1.79 bits per heavy atom. The summed E-state index contributed by atoms with van der Waals surface area (Å²) < 4.78 is 8.46. The molecule has 0 aliphatic heterocycles. The molecule has 5 nitrogen and oxygen atoms in total. The number of halogens is 1. The summed E-state index contributed by atoms with van der Waals surface area (Å²) >= 11 is 5.90. The molecular weight excluding hydrogens is 328 g/mol. The van der Waals surface area contributed by atoms with E-state index >= 15 is 0 Å². The summed E-state index contributed by atoms with van der Waals surface area (Å²) in [6.45, 7) is 4.10. The van der Waals surface area contributed by atoms with Crippen molar-refractivity contribution in [1.82, 2.24) is 9.13 Å². The highest BCUT2D eigenvalue weighted by Crippen LogP contribution is 2.22. The molecule has 0 saturated heterocycles. The maximum Gasteiger partial charge on any atom is 0.331 e. The second kappa shape index (κ2) is 6.53. The lowest BCUT2D eigenvalue weighted by molar-refractivity contribution is -0.135. The zero-order valence-corrected chi connectivity index (χ0v) is 14.2. The van der Waals surface area contributed by atoms with Gasteiger partial charge in [0.2, 0.25) is 0 Å². The summed E-state index contributed by atoms with van der Waals surface area (Å²) in [6.07, 6.45) is 0. The van der Waals surface area contributed by atoms with Crippen molar-refractivity contribution in [2.45, 2.75) is 26.9 Å². The summed E-state index contributed by atoms with van der Waals surface area (Å²) in [5.74, 6) is -0.0572. The predicted molar refractivity (Wildman–Crippen MR) is 93.7 cm³/mol. The van der Waals surface area contributed by atoms with Gasteiger partial charge in [-0.3, -0.25) is 9.13 Å². The molecule has 124 valence electrons. The summed E-state index contributed by atoms with van der Waals surface area (Å²) in [5, 5.41) is 0.578. The van der Waals surface area contributed by atoms with E-state index in [0.717, 1.165) is 11.1 Å². The molecule has 0 N–H and O–H groups in total. The van der Waals surface area contributed by atoms with Crippen molar-refractivity contribution in [2.75, 3.05) is 0 Å². The Labute approximate surface area is 144 Å². The van der Waals surface area contributed by atoms with E-state index in [1.54, 1.807) is 22.8 Å². The van der Waals surface area contributed by atoms with E-state index in [4.69, 9.17) is 16.3 Å². The molecule has 0 aliphatic carbocycles. The van der Waals surface area contributed by atoms with E-state index in [1.807, 2.05) is 38.1 Å². The van der Waals surface area contributed by atoms with Gasteiger partial charge in [0.05, 0.1) is 11.0 Å². The number of fused-ring (bicyclic) bond motifs is 1. The van der Waals surface area contributed by atoms with Crippen molar-refractivity contribution in [2.24, 2.45) is 0 Å². The van der Waals surface area contributed by atoms with Gasteiger partial charge in [-0.15, -0.1) is 0 Å². The van der Waals surface area contributed by atoms with E-state index in [2.05, 4.69) is 0 Å². The number of hydrogen-bond acceptors (Lipinski definition) is 3. The number of carbonyl (C=O) groups excluding carboxylic acids is 1. The quantitative estimate of drug-likeness (QED) is 0.538. The highest BCUT2D eigenvalue weighted by molar-refractivity contribution is 6.30. The first-order valence-electron chi connectivity index (χ1n) is 7.66. The molecule has 3 aromatic rings. The number of para-hydroxylation sites is 2. The first-order chi connectivity index (χ1) is 11.5. The minimum atomic E-state index is -0.499. The van der Waals surface area contributed by atoms with Gasteiger partial charge in [0, 0.05) is 11.6 Å². The lowest BCUT2D eigenvalue weighted by Crippen LogP contribution is -2.28. The van der Waals surface area contributed by atoms with Crippen LogP contribution in [0.3, 0.4) is 0 Å². The Morgan fingerprint density at radius 1 is 1.12 bits per heavy atom. The summed E-state index contributed by atoms with van der Waals surface area (Å²) in [5.41, 5.74) is 2.07. The molecule has 2 aromatic carbocycles. The number of hydrogen-bond donors (Lipinski definition) is 0. The van der Waals surface area contributed by atoms with Crippen LogP contribution < -0.4 is 10.4 Å². The van der Waals surface area contributed by atoms with Crippen LogP contribution in [-0.2, 0) is 17.9 Å². The van der Waals surface area contributed by atoms with Gasteiger partial charge in [-0.2, -0.15) is 0 Å². The number of carbonyl (C=O) groups is 1. The topological polar surface area (TPSA) is 53.2 Å². The zero-order valence-electron chi connectivity index (χ0n) is 13.5. The number of nitrogens with zero attached hydrogens (tertiary/aromatic N) is 2. The van der Waals surface area contributed by atoms with Gasteiger partial charge in [-0.05, 0) is 49.7 Å². The van der Waals surface area contributed by atoms with Gasteiger partial charge < -0.3 is 4.74 Å². The average Bonchev–Trinajstić information content (AvgIpc) is 2.82. The van der Waals surface area contributed by atoms with Crippen molar-refractivity contribution in [3.8, 4) is 5.75 Å². The van der Waals surface area contributed by atoms with E-state index in [-0.39, 0.29) is 12.2 Å². The van der Waals surface area contributed by atoms with Gasteiger partial charge in [0.1, 0.15) is 12.3 Å². The maximum atomic E-state index is 12.5. The lowest BCUT2D eigenvalue weighted by atomic mass is 10.2. The Balaban J connectivity index is 1.91. The van der Waals surface area contributed by atoms with Gasteiger partial charge in [-0.25, -0.2) is 9.59 Å². The van der Waals surface area contributed by atoms with Crippen LogP contribution in [0.2, 0.25) is 5.02 Å². The minimum Gasteiger partial charge on any atom is -0.425 e. The summed E-state index contributed by atoms with van der Waals surface area (Å²) in [6, 6.07) is 12.4. The standard InChI is InChI=1S/C18H17ClN2O3/c1-3-20-14-6-4-5-7-15(14)21(18(20)23)11-17(22)24-16-9-8-13(19)10-12(16)2/h4-10H,3,11H2,1-2H3. The van der Waals surface area contributed by atoms with Gasteiger partial charge >= 0.3 is 11.7 Å². The van der Waals surface area contributed by atoms with Crippen LogP contribution in [0.4, 0.5) is 0 Å². The molecule has 0 radical (unpaired) electrons. The molecule has 0 spiro atoms. The van der Waals surface area contributed by atoms with Gasteiger partial charge in [0.25, 0.3) is 0 Å². The Hall–Kier alpha value is -2.53. The molecule has 3 rings (SSSR count). The van der Waals surface area contributed by atoms with Crippen molar-refractivity contribution in [3.63, 3.8) is 0 Å². The van der Waals surface area contributed by atoms with E-state index in [9.17, 15) is 9.59 Å². The largest absolute Gasteiger partial charge is 0.425 e. The Bertz CT molecular complexity index is 972. The number of esters is 1. The first kappa shape index (κ1) is 16.3. The molecule has 0 bridgehead atoms. The molecular formula is C18H17ClN2O3. The van der Waals surface area contributed by atoms with Crippen LogP contribution in [0.5, 0.6) is 5.75 Å². The predicted octanol–water partition coefficient (Wildman–Crippen LogP) is 3.39. The molecule has 6 heteroatoms. The molecule has 0 amide bonds. The number of aryl methyl sites for hydroxylation is 2. The molecule has 1 aromatic heterocycles. The third-order valence-electron chi connectivity index (χ3n) is 3.89. The SMILES string of the molecule is CCn1c(=O)n(CC(=O)Oc2ccc(Cl)cc2C)c2ccccc21. The van der Waals surface area contributed by atoms with Crippen LogP contribution in [-0.4, -0.2) is 15.1 Å². The van der Waals surface area contributed by atoms with Crippen molar-refractivity contribution in [3.05, 3.63) is 63.5 Å². The van der Waals surface area contributed by atoms with Crippen LogP contribution in [0.25, 0.3) is 11.0 Å². The number of aromatic nitrogens is 2. The fraction of sp³-hybridized carbons (Fsp3) is 0.222. The fourth-order valence-corrected chi connectivity index (χ4v) is 2.97. The third kappa shape index (κ3) is 2.95. The average molecular weight is 345 g/mol. The summed E-state index contributed by atoms with van der Waals surface area (Å²) in [4.78, 5) is 24.8. The lowest BCUT2D eigenvalue weighted by Gasteiger charge is -2.08. The van der Waals surface area contributed by atoms with Crippen molar-refractivity contribution in [1.29, 1.82) is 0 Å². The van der Waals surface area contributed by atoms with Crippen molar-refractivity contribution < 1.29 is 9.53 Å². The van der Waals surface area contributed by atoms with Crippen LogP contribution in [0.1, 0.15) is 12.5 Å². The smallest absolute Gasteiger partial charge is 0.331 e. The first-order valence-corrected chi connectivity index (χ1v) is 8.04. The molecule has 0 aliphatic rings. The Kier molecular flexibility index (Phi) is 4.44. The highest BCUT2D eigenvalue weighted by atomic mass is 35.5. The fourth-order valence-electron chi connectivity index (χ4n) is 2.74. The number of rotatable bonds is 4. The van der Waals surface area contributed by atoms with E-state index in [0.29, 0.717) is 22.8 Å². The van der Waals surface area contributed by atoms with Crippen molar-refractivity contribution >= 4 is 28.6 Å². The Morgan fingerprint density at radius 3 is 2.42 bits per heavy atom. The monoisotopic (exact) mass is 344 g/mol. The number of imidazole rings is 1. The molecule has 0 saturated carbocycles.